The summed E-state index contributed by atoms with van der Waals surface area (Å²) in [6, 6.07) is 1.46. The van der Waals surface area contributed by atoms with Crippen molar-refractivity contribution in [2.75, 3.05) is 11.9 Å². The highest BCUT2D eigenvalue weighted by molar-refractivity contribution is 7.80. The predicted molar refractivity (Wildman–Crippen MR) is 62.1 cm³/mol. The van der Waals surface area contributed by atoms with Gasteiger partial charge < -0.3 is 11.1 Å². The molecule has 0 unspecified atom stereocenters. The standard InChI is InChI=1S/C9H10F4N4S/c1-4-2-5(6(14)18)17-8(16-4)15-3-9(12,13)7(10)11/h2,7H,3H2,1H3,(H2,14,18)(H,15,16,17). The third-order valence-electron chi connectivity index (χ3n) is 1.91. The molecular weight excluding hydrogens is 272 g/mol. The fourth-order valence-electron chi connectivity index (χ4n) is 1.05. The highest BCUT2D eigenvalue weighted by Crippen LogP contribution is 2.22. The second-order valence-corrected chi connectivity index (χ2v) is 3.94. The van der Waals surface area contributed by atoms with Crippen molar-refractivity contribution in [2.24, 2.45) is 5.73 Å². The number of thiocarbonyl (C=S) groups is 1. The number of aromatic nitrogens is 2. The fourth-order valence-corrected chi connectivity index (χ4v) is 1.15. The van der Waals surface area contributed by atoms with Crippen LogP contribution in [-0.2, 0) is 0 Å². The molecule has 0 bridgehead atoms. The first-order valence-electron chi connectivity index (χ1n) is 4.77. The van der Waals surface area contributed by atoms with Crippen molar-refractivity contribution in [1.29, 1.82) is 0 Å². The molecule has 0 saturated carbocycles. The van der Waals surface area contributed by atoms with Gasteiger partial charge in [-0.15, -0.1) is 0 Å². The van der Waals surface area contributed by atoms with Gasteiger partial charge in [0.05, 0.1) is 6.54 Å². The second kappa shape index (κ2) is 5.42. The van der Waals surface area contributed by atoms with E-state index in [4.69, 9.17) is 5.73 Å². The minimum atomic E-state index is -4.16. The van der Waals surface area contributed by atoms with E-state index in [1.807, 2.05) is 5.32 Å². The number of aryl methyl sites for hydroxylation is 1. The van der Waals surface area contributed by atoms with E-state index in [-0.39, 0.29) is 16.6 Å². The summed E-state index contributed by atoms with van der Waals surface area (Å²) in [5.41, 5.74) is 5.93. The van der Waals surface area contributed by atoms with Crippen molar-refractivity contribution in [3.8, 4) is 0 Å². The fraction of sp³-hybridized carbons (Fsp3) is 0.444. The Kier molecular flexibility index (Phi) is 4.38. The zero-order valence-electron chi connectivity index (χ0n) is 9.25. The molecule has 3 N–H and O–H groups in total. The van der Waals surface area contributed by atoms with Gasteiger partial charge in [0.1, 0.15) is 10.7 Å². The lowest BCUT2D eigenvalue weighted by molar-refractivity contribution is -0.117. The molecular formula is C9H10F4N4S. The maximum atomic E-state index is 12.7. The lowest BCUT2D eigenvalue weighted by Gasteiger charge is -2.16. The molecule has 1 aromatic rings. The Morgan fingerprint density at radius 3 is 2.61 bits per heavy atom. The van der Waals surface area contributed by atoms with Crippen molar-refractivity contribution in [1.82, 2.24) is 9.97 Å². The van der Waals surface area contributed by atoms with Gasteiger partial charge in [0.2, 0.25) is 5.95 Å². The summed E-state index contributed by atoms with van der Waals surface area (Å²) >= 11 is 4.67. The van der Waals surface area contributed by atoms with E-state index < -0.39 is 18.9 Å². The van der Waals surface area contributed by atoms with Crippen LogP contribution in [0.4, 0.5) is 23.5 Å². The number of anilines is 1. The van der Waals surface area contributed by atoms with Crippen LogP contribution in [0.5, 0.6) is 0 Å². The number of nitrogens with zero attached hydrogens (tertiary/aromatic N) is 2. The summed E-state index contributed by atoms with van der Waals surface area (Å²) in [7, 11) is 0. The van der Waals surface area contributed by atoms with Crippen molar-refractivity contribution in [3.05, 3.63) is 17.5 Å². The molecule has 1 aromatic heterocycles. The monoisotopic (exact) mass is 282 g/mol. The summed E-state index contributed by atoms with van der Waals surface area (Å²) in [5.74, 6) is -4.38. The molecule has 0 aliphatic carbocycles. The number of rotatable bonds is 5. The highest BCUT2D eigenvalue weighted by Gasteiger charge is 2.40. The normalized spacial score (nSPS) is 11.7. The van der Waals surface area contributed by atoms with Crippen LogP contribution >= 0.6 is 12.2 Å². The third-order valence-corrected chi connectivity index (χ3v) is 2.12. The molecule has 0 aliphatic rings. The molecule has 0 saturated heterocycles. The molecule has 0 amide bonds. The first-order chi connectivity index (χ1) is 8.22. The molecule has 0 spiro atoms. The Morgan fingerprint density at radius 1 is 1.50 bits per heavy atom. The summed E-state index contributed by atoms with van der Waals surface area (Å²) in [6.45, 7) is 0.296. The van der Waals surface area contributed by atoms with Gasteiger partial charge in [0, 0.05) is 5.69 Å². The van der Waals surface area contributed by atoms with Crippen LogP contribution < -0.4 is 11.1 Å². The molecule has 18 heavy (non-hydrogen) atoms. The average molecular weight is 282 g/mol. The van der Waals surface area contributed by atoms with E-state index in [1.54, 1.807) is 6.92 Å². The Morgan fingerprint density at radius 2 is 2.11 bits per heavy atom. The zero-order valence-corrected chi connectivity index (χ0v) is 10.1. The maximum absolute atomic E-state index is 12.7. The lowest BCUT2D eigenvalue weighted by atomic mass is 10.3. The summed E-state index contributed by atoms with van der Waals surface area (Å²) in [4.78, 5) is 7.45. The van der Waals surface area contributed by atoms with Crippen molar-refractivity contribution < 1.29 is 17.6 Å². The van der Waals surface area contributed by atoms with Crippen molar-refractivity contribution >= 4 is 23.2 Å². The van der Waals surface area contributed by atoms with E-state index in [0.717, 1.165) is 0 Å². The van der Waals surface area contributed by atoms with Crippen molar-refractivity contribution in [2.45, 2.75) is 19.3 Å². The largest absolute Gasteiger partial charge is 0.388 e. The minimum Gasteiger partial charge on any atom is -0.388 e. The number of halogens is 4. The van der Waals surface area contributed by atoms with E-state index in [2.05, 4.69) is 22.2 Å². The third kappa shape index (κ3) is 3.76. The van der Waals surface area contributed by atoms with Crippen LogP contribution in [-0.4, -0.2) is 33.8 Å². The van der Waals surface area contributed by atoms with Crippen LogP contribution in [0.3, 0.4) is 0 Å². The van der Waals surface area contributed by atoms with Gasteiger partial charge in [-0.3, -0.25) is 0 Å². The first-order valence-corrected chi connectivity index (χ1v) is 5.18. The van der Waals surface area contributed by atoms with E-state index in [9.17, 15) is 17.6 Å². The smallest absolute Gasteiger partial charge is 0.324 e. The van der Waals surface area contributed by atoms with Crippen LogP contribution in [0.1, 0.15) is 11.4 Å². The topological polar surface area (TPSA) is 63.8 Å². The summed E-state index contributed by atoms with van der Waals surface area (Å²) < 4.78 is 49.2. The van der Waals surface area contributed by atoms with Gasteiger partial charge in [0.15, 0.2) is 0 Å². The SMILES string of the molecule is Cc1cc(C(N)=S)nc(NCC(F)(F)C(F)F)n1. The van der Waals surface area contributed by atoms with E-state index in [1.165, 1.54) is 6.07 Å². The average Bonchev–Trinajstić information content (AvgIpc) is 2.25. The van der Waals surface area contributed by atoms with Gasteiger partial charge in [-0.1, -0.05) is 12.2 Å². The van der Waals surface area contributed by atoms with Crippen LogP contribution in [0.25, 0.3) is 0 Å². The number of alkyl halides is 4. The summed E-state index contributed by atoms with van der Waals surface area (Å²) in [6.07, 6.45) is -3.76. The number of hydrogen-bond acceptors (Lipinski definition) is 4. The van der Waals surface area contributed by atoms with Gasteiger partial charge in [-0.25, -0.2) is 18.7 Å². The number of hydrogen-bond donors (Lipinski definition) is 2. The highest BCUT2D eigenvalue weighted by atomic mass is 32.1. The maximum Gasteiger partial charge on any atom is 0.324 e. The molecule has 0 aromatic carbocycles. The molecule has 4 nitrogen and oxygen atoms in total. The number of nitrogens with one attached hydrogen (secondary N) is 1. The molecule has 1 heterocycles. The summed E-state index contributed by atoms with van der Waals surface area (Å²) in [5, 5.41) is 2.03. The number of nitrogens with two attached hydrogens (primary N) is 1. The minimum absolute atomic E-state index is 0.0378. The molecule has 100 valence electrons. The Hall–Kier alpha value is -1.51. The Balaban J connectivity index is 2.83. The Bertz CT molecular complexity index is 452. The van der Waals surface area contributed by atoms with Crippen LogP contribution in [0.2, 0.25) is 0 Å². The molecule has 9 heteroatoms. The van der Waals surface area contributed by atoms with Crippen LogP contribution in [0.15, 0.2) is 6.07 Å². The molecule has 0 atom stereocenters. The molecule has 1 rings (SSSR count). The van der Waals surface area contributed by atoms with E-state index in [0.29, 0.717) is 5.69 Å². The molecule has 0 fully saturated rings. The van der Waals surface area contributed by atoms with Crippen molar-refractivity contribution in [3.63, 3.8) is 0 Å². The molecule has 0 aliphatic heterocycles. The first kappa shape index (κ1) is 14.6. The van der Waals surface area contributed by atoms with Gasteiger partial charge in [0.25, 0.3) is 0 Å². The Labute approximate surface area is 106 Å². The van der Waals surface area contributed by atoms with Crippen LogP contribution in [0, 0.1) is 6.92 Å². The van der Waals surface area contributed by atoms with E-state index >= 15 is 0 Å². The lowest BCUT2D eigenvalue weighted by Crippen LogP contribution is -2.35. The van der Waals surface area contributed by atoms with Gasteiger partial charge in [-0.2, -0.15) is 8.78 Å². The van der Waals surface area contributed by atoms with Gasteiger partial charge in [-0.05, 0) is 13.0 Å². The quantitative estimate of drug-likeness (QED) is 0.636. The predicted octanol–water partition coefficient (Wildman–Crippen LogP) is 1.73. The van der Waals surface area contributed by atoms with Gasteiger partial charge >= 0.3 is 12.3 Å². The molecule has 0 radical (unpaired) electrons. The second-order valence-electron chi connectivity index (χ2n) is 3.50. The zero-order chi connectivity index (χ0) is 13.9.